The smallest absolute Gasteiger partial charge is 0.321 e. The molecule has 0 aromatic heterocycles. The summed E-state index contributed by atoms with van der Waals surface area (Å²) in [5, 5.41) is 12.7. The number of nitrogens with one attached hydrogen (secondary N) is 1. The highest BCUT2D eigenvalue weighted by Gasteiger charge is 2.19. The van der Waals surface area contributed by atoms with Crippen LogP contribution >= 0.6 is 11.6 Å². The molecule has 0 saturated carbocycles. The van der Waals surface area contributed by atoms with E-state index in [1.807, 2.05) is 0 Å². The van der Waals surface area contributed by atoms with Crippen molar-refractivity contribution in [1.29, 1.82) is 0 Å². The Labute approximate surface area is 160 Å². The lowest BCUT2D eigenvalue weighted by Gasteiger charge is -2.16. The first-order valence-electron chi connectivity index (χ1n) is 8.09. The van der Waals surface area contributed by atoms with Gasteiger partial charge in [-0.05, 0) is 29.7 Å². The maximum atomic E-state index is 12.6. The maximum Gasteiger partial charge on any atom is 0.321 e. The third kappa shape index (κ3) is 5.55. The van der Waals surface area contributed by atoms with Gasteiger partial charge in [-0.1, -0.05) is 35.9 Å². The summed E-state index contributed by atoms with van der Waals surface area (Å²) in [4.78, 5) is 11.5. The summed E-state index contributed by atoms with van der Waals surface area (Å²) in [6.45, 7) is 0.228. The van der Waals surface area contributed by atoms with Gasteiger partial charge in [0.15, 0.2) is 11.5 Å². The minimum Gasteiger partial charge on any atom is -0.493 e. The highest BCUT2D eigenvalue weighted by Crippen LogP contribution is 2.36. The molecule has 2 rings (SSSR count). The first-order valence-corrected chi connectivity index (χ1v) is 8.47. The molecule has 0 aliphatic rings. The van der Waals surface area contributed by atoms with Gasteiger partial charge in [0.05, 0.1) is 19.2 Å². The molecule has 0 amide bonds. The first-order chi connectivity index (χ1) is 12.8. The van der Waals surface area contributed by atoms with E-state index in [2.05, 4.69) is 5.32 Å². The molecule has 2 N–H and O–H groups in total. The second-order valence-corrected chi connectivity index (χ2v) is 6.24. The molecule has 27 heavy (non-hydrogen) atoms. The number of carboxylic acid groups (broad SMARTS) is 1. The van der Waals surface area contributed by atoms with Crippen LogP contribution in [0.15, 0.2) is 36.4 Å². The number of alkyl halides is 2. The Bertz CT molecular complexity index is 784. The number of rotatable bonds is 9. The number of benzene rings is 2. The molecule has 0 bridgehead atoms. The largest absolute Gasteiger partial charge is 0.493 e. The molecule has 2 aromatic rings. The summed E-state index contributed by atoms with van der Waals surface area (Å²) in [5.74, 6) is -0.201. The van der Waals surface area contributed by atoms with Crippen molar-refractivity contribution in [3.8, 4) is 11.5 Å². The fourth-order valence-electron chi connectivity index (χ4n) is 2.60. The minimum absolute atomic E-state index is 0.0986. The summed E-state index contributed by atoms with van der Waals surface area (Å²) in [6, 6.07) is 8.08. The third-order valence-corrected chi connectivity index (χ3v) is 4.30. The molecule has 0 aliphatic carbocycles. The molecule has 5 nitrogen and oxygen atoms in total. The van der Waals surface area contributed by atoms with E-state index in [4.69, 9.17) is 21.1 Å². The minimum atomic E-state index is -2.55. The van der Waals surface area contributed by atoms with E-state index < -0.39 is 18.4 Å². The molecule has 146 valence electrons. The normalized spacial score (nSPS) is 12.1. The summed E-state index contributed by atoms with van der Waals surface area (Å²) in [6.07, 6.45) is -2.40. The molecule has 0 fully saturated rings. The number of hydrogen-bond donors (Lipinski definition) is 2. The molecule has 0 radical (unpaired) electrons. The van der Waals surface area contributed by atoms with Gasteiger partial charge in [0.1, 0.15) is 6.04 Å². The fourth-order valence-corrected chi connectivity index (χ4v) is 2.91. The Balaban J connectivity index is 2.08. The van der Waals surface area contributed by atoms with Crippen molar-refractivity contribution in [2.24, 2.45) is 0 Å². The summed E-state index contributed by atoms with van der Waals surface area (Å²) in [5.41, 5.74) is 1.26. The van der Waals surface area contributed by atoms with Crippen LogP contribution < -0.4 is 14.8 Å². The highest BCUT2D eigenvalue weighted by molar-refractivity contribution is 6.32. The van der Waals surface area contributed by atoms with Crippen molar-refractivity contribution in [3.63, 3.8) is 0 Å². The zero-order valence-electron chi connectivity index (χ0n) is 14.8. The number of methoxy groups -OCH3 is 2. The van der Waals surface area contributed by atoms with E-state index in [1.54, 1.807) is 12.1 Å². The number of carboxylic acids is 1. The van der Waals surface area contributed by atoms with Crippen LogP contribution in [0, 0.1) is 0 Å². The Morgan fingerprint density at radius 3 is 2.33 bits per heavy atom. The van der Waals surface area contributed by atoms with Gasteiger partial charge in [-0.25, -0.2) is 8.78 Å². The fraction of sp³-hybridized carbons (Fsp3) is 0.316. The van der Waals surface area contributed by atoms with E-state index >= 15 is 0 Å². The average Bonchev–Trinajstić information content (AvgIpc) is 2.64. The number of halogens is 3. The molecule has 1 unspecified atom stereocenters. The second kappa shape index (κ2) is 9.53. The molecular weight excluding hydrogens is 380 g/mol. The van der Waals surface area contributed by atoms with Gasteiger partial charge in [-0.3, -0.25) is 4.79 Å². The second-order valence-electron chi connectivity index (χ2n) is 5.83. The van der Waals surface area contributed by atoms with Gasteiger partial charge in [-0.2, -0.15) is 0 Å². The van der Waals surface area contributed by atoms with Crippen molar-refractivity contribution in [1.82, 2.24) is 5.32 Å². The van der Waals surface area contributed by atoms with Crippen LogP contribution in [0.5, 0.6) is 11.5 Å². The van der Waals surface area contributed by atoms with Crippen molar-refractivity contribution in [2.75, 3.05) is 14.2 Å². The molecule has 0 heterocycles. The standard InChI is InChI=1S/C19H20ClF2NO4/c1-26-16-9-12(7-14(20)17(16)27-2)10-23-15(19(24)25)8-11-3-5-13(6-4-11)18(21)22/h3-7,9,15,18,23H,8,10H2,1-2H3,(H,24,25). The first kappa shape index (κ1) is 20.9. The van der Waals surface area contributed by atoms with E-state index in [0.717, 1.165) is 5.56 Å². The van der Waals surface area contributed by atoms with Crippen LogP contribution in [-0.4, -0.2) is 31.3 Å². The Morgan fingerprint density at radius 2 is 1.81 bits per heavy atom. The zero-order valence-corrected chi connectivity index (χ0v) is 15.6. The van der Waals surface area contributed by atoms with Crippen LogP contribution in [0.2, 0.25) is 5.02 Å². The summed E-state index contributed by atoms with van der Waals surface area (Å²) >= 11 is 6.15. The highest BCUT2D eigenvalue weighted by atomic mass is 35.5. The van der Waals surface area contributed by atoms with Crippen molar-refractivity contribution < 1.29 is 28.2 Å². The number of ether oxygens (including phenoxy) is 2. The van der Waals surface area contributed by atoms with Crippen LogP contribution in [0.25, 0.3) is 0 Å². The molecule has 2 aromatic carbocycles. The summed E-state index contributed by atoms with van der Waals surface area (Å²) < 4.78 is 35.6. The third-order valence-electron chi connectivity index (χ3n) is 4.02. The van der Waals surface area contributed by atoms with Gasteiger partial charge >= 0.3 is 5.97 Å². The van der Waals surface area contributed by atoms with E-state index in [-0.39, 0.29) is 18.5 Å². The van der Waals surface area contributed by atoms with Gasteiger partial charge in [0.25, 0.3) is 6.43 Å². The van der Waals surface area contributed by atoms with Crippen LogP contribution in [-0.2, 0) is 17.8 Å². The Kier molecular flexibility index (Phi) is 7.38. The molecule has 8 heteroatoms. The lowest BCUT2D eigenvalue weighted by molar-refractivity contribution is -0.139. The quantitative estimate of drug-likeness (QED) is 0.665. The number of carbonyl (C=O) groups is 1. The number of aliphatic carboxylic acids is 1. The average molecular weight is 400 g/mol. The van der Waals surface area contributed by atoms with Gasteiger partial charge in [0, 0.05) is 12.1 Å². The molecule has 0 spiro atoms. The maximum absolute atomic E-state index is 12.6. The Hall–Kier alpha value is -2.38. The molecular formula is C19H20ClF2NO4. The lowest BCUT2D eigenvalue weighted by Crippen LogP contribution is -2.38. The molecule has 0 aliphatic heterocycles. The van der Waals surface area contributed by atoms with E-state index in [1.165, 1.54) is 38.5 Å². The van der Waals surface area contributed by atoms with E-state index in [9.17, 15) is 18.7 Å². The zero-order chi connectivity index (χ0) is 20.0. The van der Waals surface area contributed by atoms with Crippen molar-refractivity contribution in [3.05, 3.63) is 58.1 Å². The van der Waals surface area contributed by atoms with Crippen LogP contribution in [0.1, 0.15) is 23.1 Å². The lowest BCUT2D eigenvalue weighted by atomic mass is 10.0. The topological polar surface area (TPSA) is 67.8 Å². The van der Waals surface area contributed by atoms with Gasteiger partial charge in [0.2, 0.25) is 0 Å². The summed E-state index contributed by atoms with van der Waals surface area (Å²) in [7, 11) is 2.95. The SMILES string of the molecule is COc1cc(CNC(Cc2ccc(C(F)F)cc2)C(=O)O)cc(Cl)c1OC. The van der Waals surface area contributed by atoms with Crippen molar-refractivity contribution >= 4 is 17.6 Å². The van der Waals surface area contributed by atoms with E-state index in [0.29, 0.717) is 22.1 Å². The molecule has 1 atom stereocenters. The monoisotopic (exact) mass is 399 g/mol. The predicted octanol–water partition coefficient (Wildman–Crippen LogP) is 4.08. The van der Waals surface area contributed by atoms with Gasteiger partial charge < -0.3 is 19.9 Å². The van der Waals surface area contributed by atoms with Crippen LogP contribution in [0.3, 0.4) is 0 Å². The van der Waals surface area contributed by atoms with Crippen molar-refractivity contribution in [2.45, 2.75) is 25.4 Å². The number of hydrogen-bond acceptors (Lipinski definition) is 4. The molecule has 0 saturated heterocycles. The Morgan fingerprint density at radius 1 is 1.15 bits per heavy atom. The predicted molar refractivity (Wildman–Crippen MR) is 97.9 cm³/mol. The van der Waals surface area contributed by atoms with Crippen LogP contribution in [0.4, 0.5) is 8.78 Å². The van der Waals surface area contributed by atoms with Gasteiger partial charge in [-0.15, -0.1) is 0 Å².